The van der Waals surface area contributed by atoms with Crippen LogP contribution in [0, 0.1) is 6.92 Å². The highest BCUT2D eigenvalue weighted by atomic mass is 32.1. The maximum Gasteiger partial charge on any atom is 0.118 e. The van der Waals surface area contributed by atoms with Gasteiger partial charge in [0.1, 0.15) is 6.10 Å². The molecule has 2 aromatic heterocycles. The van der Waals surface area contributed by atoms with Gasteiger partial charge in [-0.25, -0.2) is 0 Å². The SMILES string of the molecule is Cc1cc(C(O)c2snnc2C(C)(C)C)cs1. The lowest BCUT2D eigenvalue weighted by molar-refractivity contribution is 0.221. The van der Waals surface area contributed by atoms with Gasteiger partial charge < -0.3 is 5.11 Å². The van der Waals surface area contributed by atoms with Gasteiger partial charge in [0.25, 0.3) is 0 Å². The lowest BCUT2D eigenvalue weighted by Crippen LogP contribution is -2.15. The zero-order valence-electron chi connectivity index (χ0n) is 10.4. The molecule has 0 spiro atoms. The molecule has 1 unspecified atom stereocenters. The van der Waals surface area contributed by atoms with Crippen LogP contribution in [0.5, 0.6) is 0 Å². The van der Waals surface area contributed by atoms with E-state index in [9.17, 15) is 5.11 Å². The molecule has 0 aliphatic rings. The molecular formula is C12H16N2OS2. The zero-order valence-corrected chi connectivity index (χ0v) is 12.0. The van der Waals surface area contributed by atoms with Crippen molar-refractivity contribution in [1.82, 2.24) is 9.59 Å². The van der Waals surface area contributed by atoms with Crippen molar-refractivity contribution < 1.29 is 5.11 Å². The molecule has 1 N–H and O–H groups in total. The third kappa shape index (κ3) is 2.56. The average Bonchev–Trinajstić information content (AvgIpc) is 2.83. The van der Waals surface area contributed by atoms with E-state index in [4.69, 9.17) is 0 Å². The van der Waals surface area contributed by atoms with E-state index in [1.807, 2.05) is 18.4 Å². The van der Waals surface area contributed by atoms with E-state index in [0.717, 1.165) is 16.1 Å². The Kier molecular flexibility index (Phi) is 3.34. The van der Waals surface area contributed by atoms with Gasteiger partial charge in [-0.15, -0.1) is 16.4 Å². The number of hydrogen-bond donors (Lipinski definition) is 1. The van der Waals surface area contributed by atoms with Gasteiger partial charge in [-0.3, -0.25) is 0 Å². The minimum Gasteiger partial charge on any atom is -0.383 e. The van der Waals surface area contributed by atoms with Crippen molar-refractivity contribution in [3.8, 4) is 0 Å². The Morgan fingerprint density at radius 3 is 2.59 bits per heavy atom. The highest BCUT2D eigenvalue weighted by Gasteiger charge is 2.27. The van der Waals surface area contributed by atoms with E-state index < -0.39 is 6.10 Å². The van der Waals surface area contributed by atoms with E-state index in [1.165, 1.54) is 16.4 Å². The van der Waals surface area contributed by atoms with Crippen LogP contribution in [0.3, 0.4) is 0 Å². The lowest BCUT2D eigenvalue weighted by atomic mass is 9.90. The zero-order chi connectivity index (χ0) is 12.6. The molecular weight excluding hydrogens is 252 g/mol. The summed E-state index contributed by atoms with van der Waals surface area (Å²) in [7, 11) is 0. The lowest BCUT2D eigenvalue weighted by Gasteiger charge is -2.18. The molecule has 0 saturated carbocycles. The first-order valence-electron chi connectivity index (χ1n) is 5.45. The van der Waals surface area contributed by atoms with Crippen molar-refractivity contribution in [2.24, 2.45) is 0 Å². The van der Waals surface area contributed by atoms with Gasteiger partial charge in [-0.05, 0) is 35.5 Å². The molecule has 17 heavy (non-hydrogen) atoms. The summed E-state index contributed by atoms with van der Waals surface area (Å²) >= 11 is 2.93. The van der Waals surface area contributed by atoms with E-state index >= 15 is 0 Å². The summed E-state index contributed by atoms with van der Waals surface area (Å²) in [6.45, 7) is 8.28. The van der Waals surface area contributed by atoms with Gasteiger partial charge in [0.2, 0.25) is 0 Å². The molecule has 3 nitrogen and oxygen atoms in total. The van der Waals surface area contributed by atoms with Crippen molar-refractivity contribution in [2.75, 3.05) is 0 Å². The van der Waals surface area contributed by atoms with Gasteiger partial charge in [0.05, 0.1) is 10.6 Å². The van der Waals surface area contributed by atoms with Crippen LogP contribution in [0.25, 0.3) is 0 Å². The van der Waals surface area contributed by atoms with Crippen LogP contribution in [-0.2, 0) is 5.41 Å². The molecule has 0 aliphatic carbocycles. The van der Waals surface area contributed by atoms with Crippen LogP contribution in [-0.4, -0.2) is 14.7 Å². The number of nitrogens with zero attached hydrogens (tertiary/aromatic N) is 2. The quantitative estimate of drug-likeness (QED) is 0.909. The molecule has 2 heterocycles. The number of aromatic nitrogens is 2. The summed E-state index contributed by atoms with van der Waals surface area (Å²) in [5.41, 5.74) is 1.73. The van der Waals surface area contributed by atoms with Crippen molar-refractivity contribution >= 4 is 22.9 Å². The van der Waals surface area contributed by atoms with Crippen LogP contribution in [0.2, 0.25) is 0 Å². The summed E-state index contributed by atoms with van der Waals surface area (Å²) in [5, 5.41) is 16.5. The number of hydrogen-bond acceptors (Lipinski definition) is 5. The van der Waals surface area contributed by atoms with Gasteiger partial charge >= 0.3 is 0 Å². The summed E-state index contributed by atoms with van der Waals surface area (Å²) in [6, 6.07) is 2.02. The first kappa shape index (κ1) is 12.7. The first-order chi connectivity index (χ1) is 7.89. The fourth-order valence-electron chi connectivity index (χ4n) is 1.66. The number of aryl methyl sites for hydroxylation is 1. The molecule has 1 atom stereocenters. The van der Waals surface area contributed by atoms with Crippen LogP contribution in [0.15, 0.2) is 11.4 Å². The molecule has 0 saturated heterocycles. The third-order valence-electron chi connectivity index (χ3n) is 2.54. The molecule has 0 aliphatic heterocycles. The maximum absolute atomic E-state index is 10.4. The van der Waals surface area contributed by atoms with E-state index in [1.54, 1.807) is 11.3 Å². The van der Waals surface area contributed by atoms with E-state index in [-0.39, 0.29) is 5.41 Å². The number of rotatable bonds is 2. The number of aliphatic hydroxyl groups excluding tert-OH is 1. The van der Waals surface area contributed by atoms with Crippen LogP contribution in [0.4, 0.5) is 0 Å². The molecule has 0 fully saturated rings. The Hall–Kier alpha value is -0.780. The summed E-state index contributed by atoms with van der Waals surface area (Å²) in [5.74, 6) is 0. The fourth-order valence-corrected chi connectivity index (χ4v) is 3.26. The first-order valence-corrected chi connectivity index (χ1v) is 7.10. The van der Waals surface area contributed by atoms with Crippen molar-refractivity contribution in [3.05, 3.63) is 32.5 Å². The molecule has 2 aromatic rings. The minimum atomic E-state index is -0.603. The number of aliphatic hydroxyl groups is 1. The van der Waals surface area contributed by atoms with Crippen LogP contribution < -0.4 is 0 Å². The summed E-state index contributed by atoms with van der Waals surface area (Å²) < 4.78 is 3.98. The van der Waals surface area contributed by atoms with Gasteiger partial charge in [-0.1, -0.05) is 25.3 Å². The van der Waals surface area contributed by atoms with Crippen LogP contribution >= 0.6 is 22.9 Å². The second-order valence-electron chi connectivity index (χ2n) is 5.13. The van der Waals surface area contributed by atoms with E-state index in [2.05, 4.69) is 30.4 Å². The fraction of sp³-hybridized carbons (Fsp3) is 0.500. The second kappa shape index (κ2) is 4.48. The summed E-state index contributed by atoms with van der Waals surface area (Å²) in [6.07, 6.45) is -0.603. The largest absolute Gasteiger partial charge is 0.383 e. The highest BCUT2D eigenvalue weighted by Crippen LogP contribution is 2.34. The predicted octanol–water partition coefficient (Wildman–Crippen LogP) is 3.29. The Morgan fingerprint density at radius 2 is 2.06 bits per heavy atom. The standard InChI is InChI=1S/C12H16N2OS2/c1-7-5-8(6-16-7)9(15)10-11(12(2,3)4)13-14-17-10/h5-6,9,15H,1-4H3. The molecule has 0 aromatic carbocycles. The third-order valence-corrected chi connectivity index (χ3v) is 4.19. The molecule has 0 radical (unpaired) electrons. The highest BCUT2D eigenvalue weighted by molar-refractivity contribution is 7.10. The summed E-state index contributed by atoms with van der Waals surface area (Å²) in [4.78, 5) is 2.06. The molecule has 92 valence electrons. The van der Waals surface area contributed by atoms with Gasteiger partial charge in [-0.2, -0.15) is 0 Å². The normalized spacial score (nSPS) is 13.9. The Morgan fingerprint density at radius 1 is 1.35 bits per heavy atom. The molecule has 2 rings (SSSR count). The van der Waals surface area contributed by atoms with E-state index in [0.29, 0.717) is 0 Å². The van der Waals surface area contributed by atoms with Crippen molar-refractivity contribution in [1.29, 1.82) is 0 Å². The maximum atomic E-state index is 10.4. The second-order valence-corrected chi connectivity index (χ2v) is 7.03. The Bertz CT molecular complexity index is 511. The average molecular weight is 268 g/mol. The van der Waals surface area contributed by atoms with Crippen LogP contribution in [0.1, 0.15) is 47.9 Å². The monoisotopic (exact) mass is 268 g/mol. The smallest absolute Gasteiger partial charge is 0.118 e. The van der Waals surface area contributed by atoms with Crippen molar-refractivity contribution in [2.45, 2.75) is 39.2 Å². The molecule has 0 amide bonds. The van der Waals surface area contributed by atoms with Gasteiger partial charge in [0, 0.05) is 10.3 Å². The Balaban J connectivity index is 2.38. The number of thiophene rings is 1. The molecule has 0 bridgehead atoms. The predicted molar refractivity (Wildman–Crippen MR) is 71.7 cm³/mol. The molecule has 5 heteroatoms. The Labute approximate surface area is 109 Å². The van der Waals surface area contributed by atoms with Gasteiger partial charge in [0.15, 0.2) is 0 Å². The topological polar surface area (TPSA) is 46.0 Å². The van der Waals surface area contributed by atoms with Crippen molar-refractivity contribution in [3.63, 3.8) is 0 Å². The minimum absolute atomic E-state index is 0.0889.